The predicted molar refractivity (Wildman–Crippen MR) is 149 cm³/mol. The van der Waals surface area contributed by atoms with Crippen LogP contribution in [0, 0.1) is 17.6 Å². The van der Waals surface area contributed by atoms with Crippen LogP contribution in [0.1, 0.15) is 50.7 Å². The highest BCUT2D eigenvalue weighted by Gasteiger charge is 2.41. The summed E-state index contributed by atoms with van der Waals surface area (Å²) in [4.78, 5) is 3.94. The first-order valence-electron chi connectivity index (χ1n) is 13.1. The Kier molecular flexibility index (Phi) is 11.5. The Labute approximate surface area is 236 Å². The average Bonchev–Trinajstić information content (AvgIpc) is 3.40. The Morgan fingerprint density at radius 2 is 1.73 bits per heavy atom. The lowest BCUT2D eigenvalue weighted by atomic mass is 9.88. The van der Waals surface area contributed by atoms with E-state index in [1.807, 2.05) is 25.1 Å². The van der Waals surface area contributed by atoms with Gasteiger partial charge in [0.1, 0.15) is 29.9 Å². The number of rotatable bonds is 9. The topological polar surface area (TPSA) is 50.9 Å². The fraction of sp³-hybridized carbons (Fsp3) is 0.400. The van der Waals surface area contributed by atoms with Crippen LogP contribution >= 0.6 is 11.8 Å². The van der Waals surface area contributed by atoms with Crippen LogP contribution in [0.5, 0.6) is 0 Å². The van der Waals surface area contributed by atoms with Crippen LogP contribution < -0.4 is 0 Å². The number of benzene rings is 2. The number of allylic oxidation sites excluding steroid dienone is 3. The SMILES string of the molecule is CC(F)(F)F.C[C@@H](SC1CCC(/C=C/C=C/c2ccccc2)CC1)[C@](O)(Cn1cncn1)c1ccc(F)cc1F. The number of aliphatic hydroxyl groups is 1. The van der Waals surface area contributed by atoms with E-state index in [2.05, 4.69) is 46.5 Å². The van der Waals surface area contributed by atoms with E-state index in [0.717, 1.165) is 31.7 Å². The van der Waals surface area contributed by atoms with E-state index in [4.69, 9.17) is 0 Å². The summed E-state index contributed by atoms with van der Waals surface area (Å²) in [5.41, 5.74) is -0.298. The molecular weight excluding hydrogens is 545 g/mol. The van der Waals surface area contributed by atoms with Crippen LogP contribution in [0.15, 0.2) is 79.4 Å². The van der Waals surface area contributed by atoms with Gasteiger partial charge in [-0.1, -0.05) is 67.6 Å². The van der Waals surface area contributed by atoms with Gasteiger partial charge in [-0.3, -0.25) is 0 Å². The van der Waals surface area contributed by atoms with Crippen molar-refractivity contribution in [2.45, 2.75) is 68.4 Å². The third kappa shape index (κ3) is 10.2. The molecular formula is C30H34F5N3OS. The van der Waals surface area contributed by atoms with Crippen molar-refractivity contribution in [3.8, 4) is 0 Å². The zero-order valence-electron chi connectivity index (χ0n) is 22.4. The molecule has 4 nitrogen and oxygen atoms in total. The summed E-state index contributed by atoms with van der Waals surface area (Å²) in [6.07, 6.45) is 11.7. The number of hydrogen-bond acceptors (Lipinski definition) is 4. The van der Waals surface area contributed by atoms with Gasteiger partial charge in [0.25, 0.3) is 0 Å². The molecule has 1 fully saturated rings. The van der Waals surface area contributed by atoms with Crippen LogP contribution in [0.3, 0.4) is 0 Å². The summed E-state index contributed by atoms with van der Waals surface area (Å²) in [6.45, 7) is 2.13. The Hall–Kier alpha value is -2.98. The maximum Gasteiger partial charge on any atom is 0.386 e. The van der Waals surface area contributed by atoms with Gasteiger partial charge >= 0.3 is 6.18 Å². The van der Waals surface area contributed by atoms with Gasteiger partial charge in [0.2, 0.25) is 0 Å². The van der Waals surface area contributed by atoms with E-state index < -0.39 is 23.4 Å². The van der Waals surface area contributed by atoms with Crippen molar-refractivity contribution >= 4 is 17.8 Å². The zero-order valence-corrected chi connectivity index (χ0v) is 23.3. The number of nitrogens with zero attached hydrogens (tertiary/aromatic N) is 3. The highest BCUT2D eigenvalue weighted by Crippen LogP contribution is 2.42. The number of alkyl halides is 3. The molecule has 0 bridgehead atoms. The van der Waals surface area contributed by atoms with Gasteiger partial charge < -0.3 is 5.11 Å². The molecule has 2 aromatic carbocycles. The van der Waals surface area contributed by atoms with Gasteiger partial charge in [-0.25, -0.2) is 18.4 Å². The summed E-state index contributed by atoms with van der Waals surface area (Å²) in [5.74, 6) is -0.886. The second kappa shape index (κ2) is 14.6. The fourth-order valence-corrected chi connectivity index (χ4v) is 6.15. The molecule has 0 amide bonds. The Morgan fingerprint density at radius 1 is 1.05 bits per heavy atom. The minimum Gasteiger partial charge on any atom is -0.382 e. The minimum absolute atomic E-state index is 0.0373. The molecule has 0 aliphatic heterocycles. The summed E-state index contributed by atoms with van der Waals surface area (Å²) in [7, 11) is 0. The van der Waals surface area contributed by atoms with E-state index in [9.17, 15) is 27.1 Å². The van der Waals surface area contributed by atoms with Crippen molar-refractivity contribution in [1.29, 1.82) is 0 Å². The number of hydrogen-bond donors (Lipinski definition) is 1. The molecule has 40 heavy (non-hydrogen) atoms. The summed E-state index contributed by atoms with van der Waals surface area (Å²) < 4.78 is 60.9. The standard InChI is InChI=1S/C28H31F2N3OS.C2H3F3/c1-21(28(34,18-33-20-31-19-32-33)26-16-13-24(29)17-27(26)30)35-25-14-11-23(12-15-25)10-6-5-9-22-7-3-2-4-8-22;1-2(3,4)5/h2-10,13,16-17,19-21,23,25,34H,11-12,14-15,18H2,1H3;1H3/b9-5+,10-6+;/t21-,23?,25?,28-;/m1./s1. The first-order chi connectivity index (χ1) is 18.9. The van der Waals surface area contributed by atoms with Crippen molar-refractivity contribution in [3.63, 3.8) is 0 Å². The molecule has 1 aliphatic carbocycles. The van der Waals surface area contributed by atoms with Crippen molar-refractivity contribution in [2.75, 3.05) is 0 Å². The Morgan fingerprint density at radius 3 is 2.33 bits per heavy atom. The minimum atomic E-state index is -4.00. The number of thioether (sulfide) groups is 1. The lowest BCUT2D eigenvalue weighted by molar-refractivity contribution is -0.110. The highest BCUT2D eigenvalue weighted by atomic mass is 32.2. The molecule has 10 heteroatoms. The van der Waals surface area contributed by atoms with Gasteiger partial charge in [0.05, 0.1) is 6.54 Å². The quantitative estimate of drug-likeness (QED) is 0.206. The van der Waals surface area contributed by atoms with Crippen LogP contribution in [0.2, 0.25) is 0 Å². The van der Waals surface area contributed by atoms with Gasteiger partial charge in [-0.15, -0.1) is 0 Å². The van der Waals surface area contributed by atoms with E-state index in [1.165, 1.54) is 35.0 Å². The normalized spacial score (nSPS) is 20.2. The molecule has 0 saturated heterocycles. The first-order valence-corrected chi connectivity index (χ1v) is 14.0. The van der Waals surface area contributed by atoms with Gasteiger partial charge in [0, 0.05) is 29.1 Å². The van der Waals surface area contributed by atoms with Crippen molar-refractivity contribution in [1.82, 2.24) is 14.8 Å². The molecule has 2 atom stereocenters. The van der Waals surface area contributed by atoms with E-state index >= 15 is 0 Å². The van der Waals surface area contributed by atoms with Crippen molar-refractivity contribution in [2.24, 2.45) is 5.92 Å². The maximum absolute atomic E-state index is 14.8. The van der Waals surface area contributed by atoms with Gasteiger partial charge in [-0.05, 0) is 43.2 Å². The smallest absolute Gasteiger partial charge is 0.382 e. The van der Waals surface area contributed by atoms with Gasteiger partial charge in [-0.2, -0.15) is 30.0 Å². The van der Waals surface area contributed by atoms with Crippen molar-refractivity contribution < 1.29 is 27.1 Å². The second-order valence-corrected chi connectivity index (χ2v) is 11.5. The predicted octanol–water partition coefficient (Wildman–Crippen LogP) is 7.96. The summed E-state index contributed by atoms with van der Waals surface area (Å²) in [5, 5.41) is 15.8. The maximum atomic E-state index is 14.8. The molecule has 3 aromatic rings. The number of aromatic nitrogens is 3. The third-order valence-corrected chi connectivity index (χ3v) is 8.29. The molecule has 1 heterocycles. The molecule has 1 saturated carbocycles. The Bertz CT molecular complexity index is 1220. The van der Waals surface area contributed by atoms with E-state index in [-0.39, 0.29) is 24.3 Å². The largest absolute Gasteiger partial charge is 0.386 e. The molecule has 0 spiro atoms. The molecule has 4 rings (SSSR count). The molecule has 1 aliphatic rings. The second-order valence-electron chi connectivity index (χ2n) is 9.89. The first kappa shape index (κ1) is 31.5. The number of halogens is 5. The average molecular weight is 580 g/mol. The van der Waals surface area contributed by atoms with Crippen LogP contribution in [-0.4, -0.2) is 36.5 Å². The van der Waals surface area contributed by atoms with Crippen LogP contribution in [0.4, 0.5) is 22.0 Å². The van der Waals surface area contributed by atoms with Crippen LogP contribution in [0.25, 0.3) is 6.08 Å². The summed E-state index contributed by atoms with van der Waals surface area (Å²) >= 11 is 1.67. The Balaban J connectivity index is 0.000000810. The third-order valence-electron chi connectivity index (χ3n) is 6.64. The van der Waals surface area contributed by atoms with E-state index in [0.29, 0.717) is 11.2 Å². The molecule has 0 unspecified atom stereocenters. The molecule has 216 valence electrons. The molecule has 1 aromatic heterocycles. The summed E-state index contributed by atoms with van der Waals surface area (Å²) in [6, 6.07) is 13.6. The van der Waals surface area contributed by atoms with E-state index in [1.54, 1.807) is 11.8 Å². The van der Waals surface area contributed by atoms with Crippen LogP contribution in [-0.2, 0) is 12.1 Å². The van der Waals surface area contributed by atoms with Gasteiger partial charge in [0.15, 0.2) is 0 Å². The highest BCUT2D eigenvalue weighted by molar-refractivity contribution is 8.00. The lowest BCUT2D eigenvalue weighted by Gasteiger charge is -2.37. The van der Waals surface area contributed by atoms with Crippen molar-refractivity contribution in [3.05, 3.63) is 102 Å². The molecule has 0 radical (unpaired) electrons. The lowest BCUT2D eigenvalue weighted by Crippen LogP contribution is -2.42. The fourth-order valence-electron chi connectivity index (χ4n) is 4.61. The molecule has 1 N–H and O–H groups in total. The zero-order chi connectivity index (χ0) is 29.2. The monoisotopic (exact) mass is 579 g/mol.